The number of hydrogen-bond donors (Lipinski definition) is 0. The van der Waals surface area contributed by atoms with E-state index in [4.69, 9.17) is 16.3 Å². The predicted octanol–water partition coefficient (Wildman–Crippen LogP) is 5.30. The summed E-state index contributed by atoms with van der Waals surface area (Å²) >= 11 is 9.60. The highest BCUT2D eigenvalue weighted by molar-refractivity contribution is 9.10. The van der Waals surface area contributed by atoms with Gasteiger partial charge in [0, 0.05) is 23.3 Å². The van der Waals surface area contributed by atoms with Crippen molar-refractivity contribution in [3.63, 3.8) is 0 Å². The predicted molar refractivity (Wildman–Crippen MR) is 78.3 cm³/mol. The van der Waals surface area contributed by atoms with E-state index in [-0.39, 0.29) is 22.7 Å². The van der Waals surface area contributed by atoms with Gasteiger partial charge in [0.1, 0.15) is 17.7 Å². The molecule has 0 amide bonds. The van der Waals surface area contributed by atoms with E-state index in [9.17, 15) is 4.39 Å². The largest absolute Gasteiger partial charge is 0.490 e. The Morgan fingerprint density at radius 1 is 1.26 bits per heavy atom. The molecule has 19 heavy (non-hydrogen) atoms. The van der Waals surface area contributed by atoms with Gasteiger partial charge in [-0.2, -0.15) is 0 Å². The van der Waals surface area contributed by atoms with Crippen molar-refractivity contribution in [1.82, 2.24) is 0 Å². The fourth-order valence-electron chi connectivity index (χ4n) is 3.42. The van der Waals surface area contributed by atoms with Crippen LogP contribution in [0.2, 0.25) is 0 Å². The Bertz CT molecular complexity index is 473. The zero-order valence-corrected chi connectivity index (χ0v) is 13.0. The second kappa shape index (κ2) is 5.25. The Morgan fingerprint density at radius 2 is 2.00 bits per heavy atom. The van der Waals surface area contributed by atoms with Crippen LogP contribution in [0.5, 0.6) is 5.75 Å². The SMILES string of the molecule is Fc1cc(OC2CC(Cl)C23CCCCC3)ccc1Br. The standard InChI is InChI=1S/C15H17BrClFO/c16-11-5-4-10(8-12(11)18)19-14-9-13(17)15(14)6-2-1-3-7-15/h4-5,8,13-14H,1-3,6-7,9H2. The van der Waals surface area contributed by atoms with E-state index in [0.717, 1.165) is 19.3 Å². The van der Waals surface area contributed by atoms with Gasteiger partial charge < -0.3 is 4.74 Å². The number of hydrogen-bond acceptors (Lipinski definition) is 1. The first-order valence-corrected chi connectivity index (χ1v) is 8.10. The zero-order chi connectivity index (χ0) is 13.5. The van der Waals surface area contributed by atoms with Gasteiger partial charge >= 0.3 is 0 Å². The molecule has 3 rings (SSSR count). The molecule has 0 aromatic heterocycles. The summed E-state index contributed by atoms with van der Waals surface area (Å²) in [5.74, 6) is 0.330. The van der Waals surface area contributed by atoms with Crippen molar-refractivity contribution in [2.45, 2.75) is 50.0 Å². The van der Waals surface area contributed by atoms with Gasteiger partial charge in [-0.15, -0.1) is 11.6 Å². The molecule has 2 fully saturated rings. The summed E-state index contributed by atoms with van der Waals surface area (Å²) in [5.41, 5.74) is 0.128. The Morgan fingerprint density at radius 3 is 2.63 bits per heavy atom. The van der Waals surface area contributed by atoms with E-state index in [1.807, 2.05) is 6.07 Å². The first kappa shape index (κ1) is 13.7. The molecule has 1 nitrogen and oxygen atoms in total. The molecule has 2 atom stereocenters. The third-order valence-corrected chi connectivity index (χ3v) is 5.90. The summed E-state index contributed by atoms with van der Waals surface area (Å²) < 4.78 is 20.0. The van der Waals surface area contributed by atoms with E-state index < -0.39 is 0 Å². The highest BCUT2D eigenvalue weighted by Crippen LogP contribution is 2.55. The van der Waals surface area contributed by atoms with Crippen LogP contribution in [0.15, 0.2) is 22.7 Å². The fourth-order valence-corrected chi connectivity index (χ4v) is 4.19. The molecule has 0 aliphatic heterocycles. The Balaban J connectivity index is 1.74. The molecule has 1 aromatic carbocycles. The van der Waals surface area contributed by atoms with Gasteiger partial charge in [-0.05, 0) is 40.9 Å². The molecule has 2 aliphatic carbocycles. The van der Waals surface area contributed by atoms with Gasteiger partial charge in [-0.3, -0.25) is 0 Å². The lowest BCUT2D eigenvalue weighted by Gasteiger charge is -2.55. The maximum atomic E-state index is 13.5. The zero-order valence-electron chi connectivity index (χ0n) is 10.7. The summed E-state index contributed by atoms with van der Waals surface area (Å²) in [6.45, 7) is 0. The lowest BCUT2D eigenvalue weighted by atomic mass is 9.58. The monoisotopic (exact) mass is 346 g/mol. The van der Waals surface area contributed by atoms with Crippen molar-refractivity contribution < 1.29 is 9.13 Å². The van der Waals surface area contributed by atoms with Crippen LogP contribution in [0.3, 0.4) is 0 Å². The first-order chi connectivity index (χ1) is 9.12. The van der Waals surface area contributed by atoms with E-state index in [1.165, 1.54) is 25.3 Å². The summed E-state index contributed by atoms with van der Waals surface area (Å²) in [4.78, 5) is 0. The maximum Gasteiger partial charge on any atom is 0.141 e. The summed E-state index contributed by atoms with van der Waals surface area (Å²) in [5, 5.41) is 0.220. The van der Waals surface area contributed by atoms with Crippen molar-refractivity contribution in [3.05, 3.63) is 28.5 Å². The second-order valence-corrected chi connectivity index (χ2v) is 7.06. The molecular formula is C15H17BrClFO. The van der Waals surface area contributed by atoms with Crippen LogP contribution >= 0.6 is 27.5 Å². The fraction of sp³-hybridized carbons (Fsp3) is 0.600. The summed E-state index contributed by atoms with van der Waals surface area (Å²) in [6.07, 6.45) is 7.08. The number of ether oxygens (including phenoxy) is 1. The van der Waals surface area contributed by atoms with Crippen molar-refractivity contribution in [1.29, 1.82) is 0 Å². The summed E-state index contributed by atoms with van der Waals surface area (Å²) in [7, 11) is 0. The van der Waals surface area contributed by atoms with Crippen molar-refractivity contribution in [2.75, 3.05) is 0 Å². The van der Waals surface area contributed by atoms with E-state index in [2.05, 4.69) is 15.9 Å². The highest BCUT2D eigenvalue weighted by atomic mass is 79.9. The smallest absolute Gasteiger partial charge is 0.141 e. The number of rotatable bonds is 2. The van der Waals surface area contributed by atoms with Gasteiger partial charge in [-0.1, -0.05) is 19.3 Å². The molecule has 1 spiro atoms. The van der Waals surface area contributed by atoms with Crippen LogP contribution in [0.25, 0.3) is 0 Å². The summed E-state index contributed by atoms with van der Waals surface area (Å²) in [6, 6.07) is 4.95. The van der Waals surface area contributed by atoms with Gasteiger partial charge in [0.15, 0.2) is 0 Å². The molecular weight excluding hydrogens is 331 g/mol. The average Bonchev–Trinajstić information content (AvgIpc) is 2.43. The van der Waals surface area contributed by atoms with Crippen LogP contribution in [0.1, 0.15) is 38.5 Å². The number of alkyl halides is 1. The van der Waals surface area contributed by atoms with Gasteiger partial charge in [0.25, 0.3) is 0 Å². The Hall–Kier alpha value is -0.280. The third kappa shape index (κ3) is 2.40. The van der Waals surface area contributed by atoms with Crippen LogP contribution in [0, 0.1) is 11.2 Å². The molecule has 2 aliphatic rings. The van der Waals surface area contributed by atoms with E-state index >= 15 is 0 Å². The topological polar surface area (TPSA) is 9.23 Å². The van der Waals surface area contributed by atoms with Gasteiger partial charge in [-0.25, -0.2) is 4.39 Å². The van der Waals surface area contributed by atoms with Crippen LogP contribution in [-0.4, -0.2) is 11.5 Å². The molecule has 2 unspecified atom stereocenters. The molecule has 0 bridgehead atoms. The molecule has 0 radical (unpaired) electrons. The average molecular weight is 348 g/mol. The first-order valence-electron chi connectivity index (χ1n) is 6.87. The molecule has 0 saturated heterocycles. The molecule has 0 N–H and O–H groups in total. The lowest BCUT2D eigenvalue weighted by molar-refractivity contribution is -0.0651. The van der Waals surface area contributed by atoms with Gasteiger partial charge in [0.05, 0.1) is 4.47 Å². The molecule has 0 heterocycles. The lowest BCUT2D eigenvalue weighted by Crippen LogP contribution is -2.58. The van der Waals surface area contributed by atoms with Crippen LogP contribution in [-0.2, 0) is 0 Å². The minimum absolute atomic E-state index is 0.128. The van der Waals surface area contributed by atoms with E-state index in [1.54, 1.807) is 6.07 Å². The molecule has 1 aromatic rings. The normalized spacial score (nSPS) is 29.0. The second-order valence-electron chi connectivity index (χ2n) is 5.68. The Labute approximate surface area is 126 Å². The minimum atomic E-state index is -0.281. The van der Waals surface area contributed by atoms with Crippen molar-refractivity contribution in [2.24, 2.45) is 5.41 Å². The Kier molecular flexibility index (Phi) is 3.78. The van der Waals surface area contributed by atoms with Gasteiger partial charge in [0.2, 0.25) is 0 Å². The minimum Gasteiger partial charge on any atom is -0.490 e. The van der Waals surface area contributed by atoms with Crippen LogP contribution in [0.4, 0.5) is 4.39 Å². The van der Waals surface area contributed by atoms with Crippen molar-refractivity contribution in [3.8, 4) is 5.75 Å². The molecule has 2 saturated carbocycles. The molecule has 4 heteroatoms. The maximum absolute atomic E-state index is 13.5. The number of benzene rings is 1. The van der Waals surface area contributed by atoms with Crippen LogP contribution < -0.4 is 4.74 Å². The van der Waals surface area contributed by atoms with Crippen molar-refractivity contribution >= 4 is 27.5 Å². The quantitative estimate of drug-likeness (QED) is 0.660. The number of halogens is 3. The third-order valence-electron chi connectivity index (χ3n) is 4.64. The van der Waals surface area contributed by atoms with E-state index in [0.29, 0.717) is 10.2 Å². The molecule has 104 valence electrons. The highest BCUT2D eigenvalue weighted by Gasteiger charge is 2.55.